The predicted molar refractivity (Wildman–Crippen MR) is 47.3 cm³/mol. The van der Waals surface area contributed by atoms with Gasteiger partial charge in [0, 0.05) is 6.54 Å². The van der Waals surface area contributed by atoms with E-state index < -0.39 is 10.0 Å². The Balaban J connectivity index is 2.99. The summed E-state index contributed by atoms with van der Waals surface area (Å²) in [4.78, 5) is 0.312. The number of rotatable bonds is 3. The molecule has 3 nitrogen and oxygen atoms in total. The lowest BCUT2D eigenvalue weighted by Crippen LogP contribution is -2.22. The van der Waals surface area contributed by atoms with Crippen molar-refractivity contribution in [1.82, 2.24) is 4.72 Å². The van der Waals surface area contributed by atoms with Crippen LogP contribution in [0, 0.1) is 0 Å². The van der Waals surface area contributed by atoms with Crippen LogP contribution in [0.3, 0.4) is 0 Å². The molecule has 0 bridgehead atoms. The van der Waals surface area contributed by atoms with Crippen molar-refractivity contribution in [2.24, 2.45) is 0 Å². The normalized spacial score (nSPS) is 11.4. The minimum Gasteiger partial charge on any atom is -0.211 e. The van der Waals surface area contributed by atoms with Gasteiger partial charge in [-0.25, -0.2) is 13.1 Å². The maximum atomic E-state index is 11.3. The highest BCUT2D eigenvalue weighted by molar-refractivity contribution is 7.89. The van der Waals surface area contributed by atoms with Gasteiger partial charge in [0.15, 0.2) is 0 Å². The summed E-state index contributed by atoms with van der Waals surface area (Å²) in [6.07, 6.45) is 0. The van der Waals surface area contributed by atoms with Crippen molar-refractivity contribution in [3.05, 3.63) is 30.3 Å². The van der Waals surface area contributed by atoms with E-state index in [4.69, 9.17) is 0 Å². The van der Waals surface area contributed by atoms with Crippen LogP contribution < -0.4 is 4.72 Å². The average molecular weight is 185 g/mol. The molecule has 0 aliphatic carbocycles. The Labute approximate surface area is 72.5 Å². The Morgan fingerprint density at radius 3 is 2.33 bits per heavy atom. The predicted octanol–water partition coefficient (Wildman–Crippen LogP) is 0.985. The van der Waals surface area contributed by atoms with E-state index in [0.29, 0.717) is 11.4 Å². The Kier molecular flexibility index (Phi) is 2.83. The first kappa shape index (κ1) is 9.22. The van der Waals surface area contributed by atoms with Gasteiger partial charge in [0.05, 0.1) is 4.90 Å². The molecule has 0 aliphatic heterocycles. The first-order chi connectivity index (χ1) is 5.67. The highest BCUT2D eigenvalue weighted by atomic mass is 32.2. The fourth-order valence-corrected chi connectivity index (χ4v) is 1.94. The largest absolute Gasteiger partial charge is 0.240 e. The Morgan fingerprint density at radius 2 is 1.83 bits per heavy atom. The van der Waals surface area contributed by atoms with Crippen LogP contribution in [-0.2, 0) is 10.0 Å². The Morgan fingerprint density at radius 1 is 1.25 bits per heavy atom. The first-order valence-corrected chi connectivity index (χ1v) is 5.20. The second kappa shape index (κ2) is 3.69. The second-order valence-electron chi connectivity index (χ2n) is 2.31. The Hall–Kier alpha value is -0.870. The lowest BCUT2D eigenvalue weighted by Gasteiger charge is -2.02. The molecule has 0 aromatic heterocycles. The van der Waals surface area contributed by atoms with Crippen LogP contribution in [0.2, 0.25) is 0 Å². The molecule has 66 valence electrons. The SMILES string of the molecule is CCNS(=O)(=O)c1ccccc1. The van der Waals surface area contributed by atoms with E-state index >= 15 is 0 Å². The molecule has 0 spiro atoms. The molecule has 4 heteroatoms. The van der Waals surface area contributed by atoms with Gasteiger partial charge in [0.25, 0.3) is 0 Å². The molecule has 0 saturated heterocycles. The van der Waals surface area contributed by atoms with Crippen molar-refractivity contribution >= 4 is 10.0 Å². The lowest BCUT2D eigenvalue weighted by molar-refractivity contribution is 0.584. The molecule has 12 heavy (non-hydrogen) atoms. The van der Waals surface area contributed by atoms with Gasteiger partial charge in [0.1, 0.15) is 0 Å². The summed E-state index contributed by atoms with van der Waals surface area (Å²) in [5, 5.41) is 0. The molecule has 0 aliphatic rings. The topological polar surface area (TPSA) is 46.2 Å². The quantitative estimate of drug-likeness (QED) is 0.763. The fraction of sp³-hybridized carbons (Fsp3) is 0.250. The number of hydrogen-bond acceptors (Lipinski definition) is 2. The summed E-state index contributed by atoms with van der Waals surface area (Å²) in [6, 6.07) is 8.31. The number of nitrogens with one attached hydrogen (secondary N) is 1. The molecule has 0 radical (unpaired) electrons. The number of benzene rings is 1. The van der Waals surface area contributed by atoms with Gasteiger partial charge in [-0.2, -0.15) is 0 Å². The second-order valence-corrected chi connectivity index (χ2v) is 4.08. The zero-order valence-electron chi connectivity index (χ0n) is 6.82. The third-order valence-electron chi connectivity index (χ3n) is 1.39. The van der Waals surface area contributed by atoms with Gasteiger partial charge >= 0.3 is 0 Å². The van der Waals surface area contributed by atoms with Gasteiger partial charge in [-0.05, 0) is 12.1 Å². The molecule has 1 aromatic rings. The summed E-state index contributed by atoms with van der Waals surface area (Å²) in [7, 11) is -3.26. The van der Waals surface area contributed by atoms with E-state index in [9.17, 15) is 8.42 Å². The minimum absolute atomic E-state index is 0.312. The van der Waals surface area contributed by atoms with Crippen molar-refractivity contribution in [1.29, 1.82) is 0 Å². The van der Waals surface area contributed by atoms with E-state index in [2.05, 4.69) is 4.72 Å². The van der Waals surface area contributed by atoms with Crippen LogP contribution in [-0.4, -0.2) is 15.0 Å². The number of hydrogen-bond donors (Lipinski definition) is 1. The first-order valence-electron chi connectivity index (χ1n) is 3.71. The molecule has 0 unspecified atom stereocenters. The third kappa shape index (κ3) is 2.06. The summed E-state index contributed by atoms with van der Waals surface area (Å²) in [6.45, 7) is 2.16. The van der Waals surface area contributed by atoms with Crippen molar-refractivity contribution in [2.45, 2.75) is 11.8 Å². The third-order valence-corrected chi connectivity index (χ3v) is 2.95. The fourth-order valence-electron chi connectivity index (χ4n) is 0.873. The van der Waals surface area contributed by atoms with E-state index in [-0.39, 0.29) is 0 Å². The molecule has 0 fully saturated rings. The molecular formula is C8H11NO2S. The van der Waals surface area contributed by atoms with Gasteiger partial charge in [-0.3, -0.25) is 0 Å². The van der Waals surface area contributed by atoms with Crippen LogP contribution in [0.15, 0.2) is 35.2 Å². The smallest absolute Gasteiger partial charge is 0.211 e. The number of sulfonamides is 1. The standard InChI is InChI=1S/C8H11NO2S/c1-2-9-12(10,11)8-6-4-3-5-7-8/h3-7,9H,2H2,1H3. The highest BCUT2D eigenvalue weighted by Gasteiger charge is 2.09. The Bertz CT molecular complexity index is 331. The van der Waals surface area contributed by atoms with Crippen molar-refractivity contribution in [3.63, 3.8) is 0 Å². The van der Waals surface area contributed by atoms with Crippen LogP contribution in [0.5, 0.6) is 0 Å². The van der Waals surface area contributed by atoms with Crippen molar-refractivity contribution in [3.8, 4) is 0 Å². The van der Waals surface area contributed by atoms with Gasteiger partial charge in [-0.15, -0.1) is 0 Å². The summed E-state index contributed by atoms with van der Waals surface area (Å²) in [5.41, 5.74) is 0. The van der Waals surface area contributed by atoms with Crippen LogP contribution >= 0.6 is 0 Å². The minimum atomic E-state index is -3.26. The highest BCUT2D eigenvalue weighted by Crippen LogP contribution is 2.05. The molecule has 1 aromatic carbocycles. The van der Waals surface area contributed by atoms with Crippen LogP contribution in [0.4, 0.5) is 0 Å². The van der Waals surface area contributed by atoms with E-state index in [1.165, 1.54) is 0 Å². The molecule has 0 heterocycles. The van der Waals surface area contributed by atoms with Gasteiger partial charge in [-0.1, -0.05) is 25.1 Å². The summed E-state index contributed by atoms with van der Waals surface area (Å²) < 4.78 is 25.1. The van der Waals surface area contributed by atoms with Crippen LogP contribution in [0.25, 0.3) is 0 Å². The van der Waals surface area contributed by atoms with Gasteiger partial charge in [0.2, 0.25) is 10.0 Å². The maximum absolute atomic E-state index is 11.3. The van der Waals surface area contributed by atoms with Gasteiger partial charge < -0.3 is 0 Å². The zero-order chi connectivity index (χ0) is 9.03. The lowest BCUT2D eigenvalue weighted by atomic mass is 10.4. The van der Waals surface area contributed by atoms with E-state index in [1.807, 2.05) is 0 Å². The average Bonchev–Trinajstić information content (AvgIpc) is 2.06. The summed E-state index contributed by atoms with van der Waals surface area (Å²) >= 11 is 0. The van der Waals surface area contributed by atoms with E-state index in [1.54, 1.807) is 37.3 Å². The van der Waals surface area contributed by atoms with Crippen molar-refractivity contribution in [2.75, 3.05) is 6.54 Å². The molecule has 0 amide bonds. The molecular weight excluding hydrogens is 174 g/mol. The maximum Gasteiger partial charge on any atom is 0.240 e. The van der Waals surface area contributed by atoms with Crippen LogP contribution in [0.1, 0.15) is 6.92 Å². The molecule has 0 saturated carbocycles. The molecule has 1 N–H and O–H groups in total. The van der Waals surface area contributed by atoms with E-state index in [0.717, 1.165) is 0 Å². The zero-order valence-corrected chi connectivity index (χ0v) is 7.64. The monoisotopic (exact) mass is 185 g/mol. The molecule has 0 atom stereocenters. The molecule has 1 rings (SSSR count). The van der Waals surface area contributed by atoms with Crippen molar-refractivity contribution < 1.29 is 8.42 Å². The summed E-state index contributed by atoms with van der Waals surface area (Å²) in [5.74, 6) is 0.